The first-order valence-electron chi connectivity index (χ1n) is 5.83. The molecule has 0 aliphatic carbocycles. The van der Waals surface area contributed by atoms with Gasteiger partial charge in [-0.3, -0.25) is 0 Å². The summed E-state index contributed by atoms with van der Waals surface area (Å²) in [7, 11) is 0. The maximum Gasteiger partial charge on any atom is 0.433 e. The average molecular weight is 366 g/mol. The third-order valence-corrected chi connectivity index (χ3v) is 3.99. The maximum atomic E-state index is 12.8. The summed E-state index contributed by atoms with van der Waals surface area (Å²) < 4.78 is 38.5. The Balaban J connectivity index is 2.69. The molecule has 2 nitrogen and oxygen atoms in total. The minimum atomic E-state index is -4.60. The minimum Gasteiger partial charge on any atom is -0.243 e. The van der Waals surface area contributed by atoms with E-state index in [0.29, 0.717) is 5.56 Å². The Hall–Kier alpha value is -1.48. The summed E-state index contributed by atoms with van der Waals surface area (Å²) in [6, 6.07) is 6.64. The van der Waals surface area contributed by atoms with Crippen molar-refractivity contribution in [3.05, 3.63) is 50.6 Å². The van der Waals surface area contributed by atoms with E-state index >= 15 is 0 Å². The first kappa shape index (κ1) is 16.9. The highest BCUT2D eigenvalue weighted by molar-refractivity contribution is 6.48. The van der Waals surface area contributed by atoms with Crippen LogP contribution < -0.4 is 0 Å². The average Bonchev–Trinajstić information content (AvgIpc) is 2.44. The van der Waals surface area contributed by atoms with Gasteiger partial charge in [-0.05, 0) is 23.8 Å². The van der Waals surface area contributed by atoms with Crippen LogP contribution in [0.25, 0.3) is 11.3 Å². The topological polar surface area (TPSA) is 36.7 Å². The monoisotopic (exact) mass is 364 g/mol. The molecule has 0 fully saturated rings. The van der Waals surface area contributed by atoms with Crippen molar-refractivity contribution in [3.63, 3.8) is 0 Å². The van der Waals surface area contributed by atoms with Crippen molar-refractivity contribution in [2.24, 2.45) is 0 Å². The molecule has 22 heavy (non-hydrogen) atoms. The fourth-order valence-corrected chi connectivity index (χ4v) is 2.41. The van der Waals surface area contributed by atoms with E-state index in [2.05, 4.69) is 4.98 Å². The Kier molecular flexibility index (Phi) is 4.86. The number of alkyl halides is 3. The van der Waals surface area contributed by atoms with E-state index in [1.54, 1.807) is 0 Å². The normalized spacial score (nSPS) is 11.3. The Morgan fingerprint density at radius 3 is 2.18 bits per heavy atom. The van der Waals surface area contributed by atoms with Crippen molar-refractivity contribution < 1.29 is 13.2 Å². The molecule has 0 aliphatic rings. The van der Waals surface area contributed by atoms with Crippen molar-refractivity contribution in [1.82, 2.24) is 4.98 Å². The van der Waals surface area contributed by atoms with E-state index < -0.39 is 11.9 Å². The maximum absolute atomic E-state index is 12.8. The molecule has 2 aromatic rings. The highest BCUT2D eigenvalue weighted by atomic mass is 35.5. The summed E-state index contributed by atoms with van der Waals surface area (Å²) >= 11 is 17.6. The molecule has 1 aromatic carbocycles. The van der Waals surface area contributed by atoms with Crippen LogP contribution in [0.1, 0.15) is 11.3 Å². The molecule has 2 rings (SSSR count). The lowest BCUT2D eigenvalue weighted by Crippen LogP contribution is -2.09. The quantitative estimate of drug-likeness (QED) is 0.631. The summed E-state index contributed by atoms with van der Waals surface area (Å²) in [6.45, 7) is 0. The lowest BCUT2D eigenvalue weighted by molar-refractivity contribution is -0.141. The van der Waals surface area contributed by atoms with Crippen molar-refractivity contribution in [2.75, 3.05) is 0 Å². The highest BCUT2D eigenvalue weighted by Gasteiger charge is 2.33. The van der Waals surface area contributed by atoms with Gasteiger partial charge in [0.25, 0.3) is 0 Å². The summed E-state index contributed by atoms with van der Waals surface area (Å²) in [5.74, 6) is 0. The molecule has 0 saturated carbocycles. The lowest BCUT2D eigenvalue weighted by atomic mass is 10.0. The zero-order chi connectivity index (χ0) is 16.5. The molecule has 0 bridgehead atoms. The van der Waals surface area contributed by atoms with Gasteiger partial charge < -0.3 is 0 Å². The summed E-state index contributed by atoms with van der Waals surface area (Å²) in [5, 5.41) is 9.08. The van der Waals surface area contributed by atoms with Crippen LogP contribution in [-0.2, 0) is 12.6 Å². The summed E-state index contributed by atoms with van der Waals surface area (Å²) in [5.41, 5.74) is -0.469. The predicted molar refractivity (Wildman–Crippen MR) is 79.0 cm³/mol. The van der Waals surface area contributed by atoms with Crippen LogP contribution in [0.5, 0.6) is 0 Å². The van der Waals surface area contributed by atoms with Gasteiger partial charge >= 0.3 is 6.18 Å². The Bertz CT molecular complexity index is 744. The summed E-state index contributed by atoms with van der Waals surface area (Å²) in [6.07, 6.45) is -4.70. The van der Waals surface area contributed by atoms with E-state index in [-0.39, 0.29) is 32.7 Å². The van der Waals surface area contributed by atoms with Gasteiger partial charge in [0.1, 0.15) is 5.69 Å². The van der Waals surface area contributed by atoms with E-state index in [1.807, 2.05) is 6.07 Å². The second kappa shape index (κ2) is 6.33. The number of hydrogen-bond acceptors (Lipinski definition) is 2. The molecule has 0 atom stereocenters. The van der Waals surface area contributed by atoms with Crippen molar-refractivity contribution in [1.29, 1.82) is 5.26 Å². The molecule has 0 amide bonds. The number of aromatic nitrogens is 1. The van der Waals surface area contributed by atoms with Gasteiger partial charge in [0.2, 0.25) is 0 Å². The molecule has 0 unspecified atom stereocenters. The number of nitrogens with zero attached hydrogens (tertiary/aromatic N) is 2. The number of hydrogen-bond donors (Lipinski definition) is 0. The lowest BCUT2D eigenvalue weighted by Gasteiger charge is -2.12. The molecule has 0 N–H and O–H groups in total. The van der Waals surface area contributed by atoms with Gasteiger partial charge in [-0.1, -0.05) is 40.9 Å². The second-order valence-electron chi connectivity index (χ2n) is 4.29. The van der Waals surface area contributed by atoms with Crippen molar-refractivity contribution in [2.45, 2.75) is 12.6 Å². The molecule has 0 spiro atoms. The fraction of sp³-hybridized carbons (Fsp3) is 0.143. The summed E-state index contributed by atoms with van der Waals surface area (Å²) in [4.78, 5) is 3.61. The largest absolute Gasteiger partial charge is 0.433 e. The molecule has 1 heterocycles. The van der Waals surface area contributed by atoms with Gasteiger partial charge in [-0.25, -0.2) is 4.98 Å². The van der Waals surface area contributed by atoms with Crippen LogP contribution in [-0.4, -0.2) is 4.98 Å². The van der Waals surface area contributed by atoms with Crippen LogP contribution >= 0.6 is 34.8 Å². The highest BCUT2D eigenvalue weighted by Crippen LogP contribution is 2.37. The van der Waals surface area contributed by atoms with Crippen molar-refractivity contribution in [3.8, 4) is 17.3 Å². The third-order valence-electron chi connectivity index (χ3n) is 2.80. The number of benzene rings is 1. The van der Waals surface area contributed by atoms with Gasteiger partial charge in [-0.2, -0.15) is 18.4 Å². The zero-order valence-electron chi connectivity index (χ0n) is 10.7. The molecule has 0 saturated heterocycles. The van der Waals surface area contributed by atoms with Crippen LogP contribution in [0.2, 0.25) is 15.1 Å². The van der Waals surface area contributed by atoms with Gasteiger partial charge in [-0.15, -0.1) is 0 Å². The first-order valence-corrected chi connectivity index (χ1v) is 6.96. The molecule has 0 radical (unpaired) electrons. The number of nitriles is 1. The van der Waals surface area contributed by atoms with Crippen LogP contribution in [0.15, 0.2) is 24.3 Å². The molecule has 0 aliphatic heterocycles. The predicted octanol–water partition coefficient (Wildman–Crippen LogP) is 5.79. The van der Waals surface area contributed by atoms with Gasteiger partial charge in [0.15, 0.2) is 0 Å². The van der Waals surface area contributed by atoms with E-state index in [9.17, 15) is 13.2 Å². The van der Waals surface area contributed by atoms with Crippen molar-refractivity contribution >= 4 is 34.8 Å². The van der Waals surface area contributed by atoms with E-state index in [4.69, 9.17) is 40.1 Å². The SMILES string of the molecule is N#CCc1ccc(C(F)(F)F)nc1-c1cc(Cl)c(Cl)c(Cl)c1. The number of pyridine rings is 1. The van der Waals surface area contributed by atoms with Crippen LogP contribution in [0.3, 0.4) is 0 Å². The fourth-order valence-electron chi connectivity index (χ4n) is 1.82. The molecule has 114 valence electrons. The standard InChI is InChI=1S/C14H6Cl3F3N2/c15-9-5-8(6-10(16)12(9)17)13-7(3-4-21)1-2-11(22-13)14(18,19)20/h1-2,5-6H,3H2. The Labute approximate surface area is 139 Å². The first-order chi connectivity index (χ1) is 10.2. The van der Waals surface area contributed by atoms with Gasteiger partial charge in [0.05, 0.1) is 33.3 Å². The Morgan fingerprint density at radius 2 is 1.68 bits per heavy atom. The van der Waals surface area contributed by atoms with Crippen LogP contribution in [0, 0.1) is 11.3 Å². The molecular weight excluding hydrogens is 360 g/mol. The van der Waals surface area contributed by atoms with E-state index in [1.165, 1.54) is 18.2 Å². The van der Waals surface area contributed by atoms with E-state index in [0.717, 1.165) is 6.07 Å². The molecule has 1 aromatic heterocycles. The van der Waals surface area contributed by atoms with Gasteiger partial charge in [0, 0.05) is 5.56 Å². The number of rotatable bonds is 2. The van der Waals surface area contributed by atoms with Crippen LogP contribution in [0.4, 0.5) is 13.2 Å². The smallest absolute Gasteiger partial charge is 0.243 e. The Morgan fingerprint density at radius 1 is 1.09 bits per heavy atom. The zero-order valence-corrected chi connectivity index (χ0v) is 12.9. The third kappa shape index (κ3) is 3.46. The number of halogens is 6. The molecular formula is C14H6Cl3F3N2. The minimum absolute atomic E-state index is 0.00292. The molecule has 8 heteroatoms. The second-order valence-corrected chi connectivity index (χ2v) is 5.48.